The van der Waals surface area contributed by atoms with Crippen molar-refractivity contribution < 1.29 is 9.32 Å². The number of aromatic nitrogens is 5. The van der Waals surface area contributed by atoms with Crippen molar-refractivity contribution in [2.75, 3.05) is 13.1 Å². The largest absolute Gasteiger partial charge is 0.363 e. The van der Waals surface area contributed by atoms with E-state index in [1.165, 1.54) is 11.8 Å². The number of amides is 1. The third kappa shape index (κ3) is 3.12. The van der Waals surface area contributed by atoms with Crippen LogP contribution in [0.4, 0.5) is 0 Å². The molecule has 9 nitrogen and oxygen atoms in total. The predicted octanol–water partition coefficient (Wildman–Crippen LogP) is 0.0563. The average molecular weight is 323 g/mol. The van der Waals surface area contributed by atoms with Crippen LogP contribution in [0.25, 0.3) is 0 Å². The molecule has 3 rings (SSSR count). The normalized spacial score (nSPS) is 18.5. The van der Waals surface area contributed by atoms with Gasteiger partial charge in [-0.1, -0.05) is 16.9 Å². The minimum absolute atomic E-state index is 0.109. The van der Waals surface area contributed by atoms with Crippen molar-refractivity contribution in [2.24, 2.45) is 12.8 Å². The van der Waals surface area contributed by atoms with Gasteiger partial charge < -0.3 is 20.1 Å². The van der Waals surface area contributed by atoms with Crippen LogP contribution < -0.4 is 11.1 Å². The van der Waals surface area contributed by atoms with Crippen LogP contribution in [-0.4, -0.2) is 43.9 Å². The summed E-state index contributed by atoms with van der Waals surface area (Å²) in [5.41, 5.74) is 5.08. The third-order valence-electron chi connectivity index (χ3n) is 3.54. The summed E-state index contributed by atoms with van der Waals surface area (Å²) in [4.78, 5) is 14.8. The fourth-order valence-corrected chi connectivity index (χ4v) is 3.17. The highest BCUT2D eigenvalue weighted by Gasteiger charge is 2.22. The lowest BCUT2D eigenvalue weighted by Crippen LogP contribution is -2.29. The summed E-state index contributed by atoms with van der Waals surface area (Å²) in [7, 11) is 1.95. The van der Waals surface area contributed by atoms with Crippen LogP contribution in [-0.2, 0) is 12.8 Å². The molecule has 1 unspecified atom stereocenters. The lowest BCUT2D eigenvalue weighted by Gasteiger charge is -2.21. The Kier molecular flexibility index (Phi) is 4.39. The monoisotopic (exact) mass is 323 g/mol. The van der Waals surface area contributed by atoms with Crippen LogP contribution in [0.5, 0.6) is 0 Å². The first-order valence-electron chi connectivity index (χ1n) is 7.00. The number of nitrogens with one attached hydrogen (secondary N) is 1. The van der Waals surface area contributed by atoms with Gasteiger partial charge in [-0.25, -0.2) is 0 Å². The van der Waals surface area contributed by atoms with E-state index in [1.807, 2.05) is 11.6 Å². The minimum atomic E-state index is -0.703. The predicted molar refractivity (Wildman–Crippen MR) is 78.2 cm³/mol. The molecule has 3 heterocycles. The molecule has 2 aromatic rings. The molecule has 1 aliphatic rings. The van der Waals surface area contributed by atoms with Crippen LogP contribution in [0.2, 0.25) is 0 Å². The molecule has 0 saturated carbocycles. The second kappa shape index (κ2) is 6.44. The topological polar surface area (TPSA) is 125 Å². The standard InChI is InChI=1S/C12H17N7O2S/c1-19-11(7-3-2-4-14-5-7)16-17-12(19)22-6-8-15-10(9(13)20)18-21-8/h7,14H,2-6H2,1H3,(H2,13,20). The van der Waals surface area contributed by atoms with Gasteiger partial charge in [-0.2, -0.15) is 4.98 Å². The Balaban J connectivity index is 1.65. The van der Waals surface area contributed by atoms with Gasteiger partial charge in [-0.3, -0.25) is 4.79 Å². The zero-order chi connectivity index (χ0) is 15.5. The molecule has 0 aliphatic carbocycles. The van der Waals surface area contributed by atoms with Crippen molar-refractivity contribution in [2.45, 2.75) is 29.7 Å². The van der Waals surface area contributed by atoms with Crippen LogP contribution in [0.1, 0.15) is 41.1 Å². The summed E-state index contributed by atoms with van der Waals surface area (Å²) in [6, 6.07) is 0. The number of carbonyl (C=O) groups excluding carboxylic acids is 1. The van der Waals surface area contributed by atoms with Gasteiger partial charge in [0.05, 0.1) is 5.75 Å². The summed E-state index contributed by atoms with van der Waals surface area (Å²) < 4.78 is 6.95. The van der Waals surface area contributed by atoms with E-state index >= 15 is 0 Å². The first-order chi connectivity index (χ1) is 10.6. The van der Waals surface area contributed by atoms with E-state index in [4.69, 9.17) is 10.3 Å². The first-order valence-corrected chi connectivity index (χ1v) is 7.99. The van der Waals surface area contributed by atoms with Crippen molar-refractivity contribution in [3.63, 3.8) is 0 Å². The zero-order valence-corrected chi connectivity index (χ0v) is 13.0. The lowest BCUT2D eigenvalue weighted by molar-refractivity contribution is 0.0987. The maximum Gasteiger partial charge on any atom is 0.290 e. The van der Waals surface area contributed by atoms with Crippen molar-refractivity contribution in [1.82, 2.24) is 30.2 Å². The highest BCUT2D eigenvalue weighted by atomic mass is 32.2. The van der Waals surface area contributed by atoms with Gasteiger partial charge in [0.25, 0.3) is 11.7 Å². The molecular formula is C12H17N7O2S. The van der Waals surface area contributed by atoms with E-state index in [0.717, 1.165) is 36.9 Å². The Hall–Kier alpha value is -1.94. The van der Waals surface area contributed by atoms with E-state index in [9.17, 15) is 4.79 Å². The summed E-state index contributed by atoms with van der Waals surface area (Å²) in [5, 5.41) is 16.2. The lowest BCUT2D eigenvalue weighted by atomic mass is 9.99. The molecule has 2 aromatic heterocycles. The van der Waals surface area contributed by atoms with Crippen LogP contribution in [0, 0.1) is 0 Å². The molecule has 1 saturated heterocycles. The molecule has 0 aromatic carbocycles. The number of nitrogens with two attached hydrogens (primary N) is 1. The van der Waals surface area contributed by atoms with Crippen molar-refractivity contribution in [3.05, 3.63) is 17.5 Å². The van der Waals surface area contributed by atoms with E-state index in [-0.39, 0.29) is 5.82 Å². The second-order valence-electron chi connectivity index (χ2n) is 5.11. The van der Waals surface area contributed by atoms with Gasteiger partial charge >= 0.3 is 0 Å². The van der Waals surface area contributed by atoms with E-state index in [0.29, 0.717) is 17.6 Å². The molecule has 0 bridgehead atoms. The Morgan fingerprint density at radius 3 is 3.09 bits per heavy atom. The number of thioether (sulfide) groups is 1. The molecule has 118 valence electrons. The Morgan fingerprint density at radius 2 is 2.41 bits per heavy atom. The molecule has 10 heteroatoms. The Bertz CT molecular complexity index is 662. The fourth-order valence-electron chi connectivity index (χ4n) is 2.42. The molecular weight excluding hydrogens is 306 g/mol. The molecule has 3 N–H and O–H groups in total. The summed E-state index contributed by atoms with van der Waals surface area (Å²) in [6.45, 7) is 2.00. The van der Waals surface area contributed by atoms with E-state index in [1.54, 1.807) is 0 Å². The number of primary amides is 1. The number of hydrogen-bond acceptors (Lipinski definition) is 8. The number of piperidine rings is 1. The first kappa shape index (κ1) is 15.0. The van der Waals surface area contributed by atoms with Crippen LogP contribution >= 0.6 is 11.8 Å². The quantitative estimate of drug-likeness (QED) is 0.740. The zero-order valence-electron chi connectivity index (χ0n) is 12.2. The molecule has 0 radical (unpaired) electrons. The number of hydrogen-bond donors (Lipinski definition) is 2. The second-order valence-corrected chi connectivity index (χ2v) is 6.05. The molecule has 1 fully saturated rings. The summed E-state index contributed by atoms with van der Waals surface area (Å²) >= 11 is 1.43. The van der Waals surface area contributed by atoms with Crippen LogP contribution in [0.3, 0.4) is 0 Å². The van der Waals surface area contributed by atoms with Gasteiger partial charge in [0.2, 0.25) is 5.89 Å². The smallest absolute Gasteiger partial charge is 0.290 e. The molecule has 1 atom stereocenters. The summed E-state index contributed by atoms with van der Waals surface area (Å²) in [5.74, 6) is 1.31. The Morgan fingerprint density at radius 1 is 1.55 bits per heavy atom. The average Bonchev–Trinajstić information content (AvgIpc) is 3.13. The molecule has 1 amide bonds. The van der Waals surface area contributed by atoms with Gasteiger partial charge in [-0.15, -0.1) is 10.2 Å². The van der Waals surface area contributed by atoms with Gasteiger partial charge in [-0.05, 0) is 19.4 Å². The fraction of sp³-hybridized carbons (Fsp3) is 0.583. The van der Waals surface area contributed by atoms with E-state index in [2.05, 4.69) is 25.7 Å². The number of nitrogens with zero attached hydrogens (tertiary/aromatic N) is 5. The van der Waals surface area contributed by atoms with E-state index < -0.39 is 5.91 Å². The highest BCUT2D eigenvalue weighted by Crippen LogP contribution is 2.26. The molecule has 1 aliphatic heterocycles. The molecule has 0 spiro atoms. The number of rotatable bonds is 5. The maximum atomic E-state index is 10.9. The minimum Gasteiger partial charge on any atom is -0.363 e. The Labute approximate surface area is 131 Å². The highest BCUT2D eigenvalue weighted by molar-refractivity contribution is 7.98. The maximum absolute atomic E-state index is 10.9. The van der Waals surface area contributed by atoms with Gasteiger partial charge in [0.1, 0.15) is 5.82 Å². The van der Waals surface area contributed by atoms with Crippen molar-refractivity contribution >= 4 is 17.7 Å². The van der Waals surface area contributed by atoms with Crippen molar-refractivity contribution in [1.29, 1.82) is 0 Å². The third-order valence-corrected chi connectivity index (χ3v) is 4.55. The number of carbonyl (C=O) groups is 1. The van der Waals surface area contributed by atoms with Gasteiger partial charge in [0, 0.05) is 19.5 Å². The van der Waals surface area contributed by atoms with Crippen LogP contribution in [0.15, 0.2) is 9.68 Å². The summed E-state index contributed by atoms with van der Waals surface area (Å²) in [6.07, 6.45) is 2.27. The van der Waals surface area contributed by atoms with Crippen molar-refractivity contribution in [3.8, 4) is 0 Å². The van der Waals surface area contributed by atoms with Gasteiger partial charge in [0.15, 0.2) is 5.16 Å². The molecule has 22 heavy (non-hydrogen) atoms. The SMILES string of the molecule is Cn1c(SCc2nc(C(N)=O)no2)nnc1C1CCCNC1.